The summed E-state index contributed by atoms with van der Waals surface area (Å²) in [6, 6.07) is 0. The zero-order valence-electron chi connectivity index (χ0n) is 10.5. The van der Waals surface area contributed by atoms with Crippen LogP contribution in [0.5, 0.6) is 0 Å². The number of aryl methyl sites for hydroxylation is 1. The summed E-state index contributed by atoms with van der Waals surface area (Å²) in [4.78, 5) is 10.4. The molecule has 0 fully saturated rings. The van der Waals surface area contributed by atoms with E-state index in [1.807, 2.05) is 24.9 Å². The van der Waals surface area contributed by atoms with Gasteiger partial charge in [-0.1, -0.05) is 11.2 Å². The van der Waals surface area contributed by atoms with Crippen LogP contribution in [0.25, 0.3) is 0 Å². The van der Waals surface area contributed by atoms with Crippen LogP contribution in [-0.4, -0.2) is 21.6 Å². The molecule has 0 radical (unpaired) electrons. The summed E-state index contributed by atoms with van der Waals surface area (Å²) in [5.74, 6) is 1.34. The van der Waals surface area contributed by atoms with Crippen molar-refractivity contribution in [1.82, 2.24) is 9.88 Å². The van der Waals surface area contributed by atoms with E-state index in [9.17, 15) is 0 Å². The quantitative estimate of drug-likeness (QED) is 0.847. The summed E-state index contributed by atoms with van der Waals surface area (Å²) < 4.78 is 0. The number of aromatic nitrogens is 2. The first-order valence-electron chi connectivity index (χ1n) is 5.76. The van der Waals surface area contributed by atoms with Crippen LogP contribution in [0.1, 0.15) is 24.7 Å². The van der Waals surface area contributed by atoms with Gasteiger partial charge in [-0.25, -0.2) is 4.98 Å². The fourth-order valence-electron chi connectivity index (χ4n) is 1.73. The lowest BCUT2D eigenvalue weighted by molar-refractivity contribution is -0.393. The highest BCUT2D eigenvalue weighted by Gasteiger charge is 2.17. The monoisotopic (exact) mass is 265 g/mol. The maximum absolute atomic E-state index is 8.97. The molecule has 0 aromatic carbocycles. The molecular formula is C12H17N4OS+. The van der Waals surface area contributed by atoms with Crippen molar-refractivity contribution in [3.05, 3.63) is 28.2 Å². The normalized spacial score (nSPS) is 14.3. The summed E-state index contributed by atoms with van der Waals surface area (Å²) in [7, 11) is 0. The number of H-pyrrole nitrogens is 1. The molecule has 18 heavy (non-hydrogen) atoms. The molecule has 0 unspecified atom stereocenters. The van der Waals surface area contributed by atoms with Gasteiger partial charge in [-0.05, 0) is 11.9 Å². The molecular weight excluding hydrogens is 248 g/mol. The summed E-state index contributed by atoms with van der Waals surface area (Å²) in [6.45, 7) is 4.70. The first kappa shape index (κ1) is 12.8. The van der Waals surface area contributed by atoms with Crippen molar-refractivity contribution < 1.29 is 10.1 Å². The lowest BCUT2D eigenvalue weighted by Gasteiger charge is -2.15. The zero-order valence-corrected chi connectivity index (χ0v) is 11.3. The third-order valence-corrected chi connectivity index (χ3v) is 3.88. The van der Waals surface area contributed by atoms with Crippen molar-refractivity contribution in [3.8, 4) is 5.31 Å². The van der Waals surface area contributed by atoms with Crippen LogP contribution in [0.2, 0.25) is 0 Å². The number of hydrogen-bond donors (Lipinski definition) is 2. The third-order valence-electron chi connectivity index (χ3n) is 2.83. The molecule has 0 spiro atoms. The highest BCUT2D eigenvalue weighted by molar-refractivity contribution is 7.92. The molecule has 1 aromatic rings. The van der Waals surface area contributed by atoms with Gasteiger partial charge in [-0.2, -0.15) is 0 Å². The number of hydrogen-bond acceptors (Lipinski definition) is 4. The molecule has 0 saturated heterocycles. The Balaban J connectivity index is 2.15. The number of nitrogens with zero attached hydrogens (tertiary/aromatic N) is 2. The van der Waals surface area contributed by atoms with E-state index in [2.05, 4.69) is 15.3 Å². The number of rotatable bonds is 4. The van der Waals surface area contributed by atoms with Crippen LogP contribution in [0.15, 0.2) is 16.8 Å². The predicted octanol–water partition coefficient (Wildman–Crippen LogP) is 0.866. The van der Waals surface area contributed by atoms with Gasteiger partial charge >= 0.3 is 0 Å². The molecule has 0 amide bonds. The van der Waals surface area contributed by atoms with Crippen molar-refractivity contribution in [1.29, 1.82) is 0 Å². The number of allylic oxidation sites excluding steroid dienone is 1. The highest BCUT2D eigenvalue weighted by Crippen LogP contribution is 2.26. The van der Waals surface area contributed by atoms with Gasteiger partial charge in [0.2, 0.25) is 5.82 Å². The molecule has 0 bridgehead atoms. The minimum Gasteiger partial charge on any atom is -0.396 e. The average molecular weight is 265 g/mol. The van der Waals surface area contributed by atoms with Crippen LogP contribution in [0.3, 0.4) is 0 Å². The molecule has 6 heteroatoms. The standard InChI is InChI=1S/C12H16N4OS/c1-8-11(3-4-17)18-7-16(8)6-10-5-14-9(2)15-12(10)13/h5,17H,3-4,6H2,1-2H3,(H2,13,14,15)/p+1. The first-order chi connectivity index (χ1) is 8.61. The first-order valence-corrected chi connectivity index (χ1v) is 6.57. The largest absolute Gasteiger partial charge is 0.396 e. The SMILES string of the molecule is CC1=C(CCO)S#CN1Cc1c[nH+]c(C)nc1N. The van der Waals surface area contributed by atoms with Crippen LogP contribution >= 0.6 is 11.2 Å². The van der Waals surface area contributed by atoms with E-state index in [1.165, 1.54) is 11.2 Å². The summed E-state index contributed by atoms with van der Waals surface area (Å²) in [5.41, 5.74) is 7.95. The van der Waals surface area contributed by atoms with Crippen molar-refractivity contribution >= 4 is 17.0 Å². The summed E-state index contributed by atoms with van der Waals surface area (Å²) in [5, 5.41) is 12.2. The predicted molar refractivity (Wildman–Crippen MR) is 71.4 cm³/mol. The van der Waals surface area contributed by atoms with Gasteiger partial charge < -0.3 is 10.8 Å². The fourth-order valence-corrected chi connectivity index (χ4v) is 2.61. The van der Waals surface area contributed by atoms with Crippen molar-refractivity contribution in [2.75, 3.05) is 12.3 Å². The zero-order chi connectivity index (χ0) is 13.1. The maximum Gasteiger partial charge on any atom is 0.295 e. The second-order valence-corrected chi connectivity index (χ2v) is 5.04. The number of nitrogen functional groups attached to an aromatic ring is 1. The van der Waals surface area contributed by atoms with Gasteiger partial charge in [-0.3, -0.25) is 4.90 Å². The minimum atomic E-state index is 0.164. The molecule has 4 N–H and O–H groups in total. The second-order valence-electron chi connectivity index (χ2n) is 4.16. The number of aliphatic hydroxyl groups excluding tert-OH is 1. The van der Waals surface area contributed by atoms with Gasteiger partial charge in [0.05, 0.1) is 18.3 Å². The summed E-state index contributed by atoms with van der Waals surface area (Å²) >= 11 is 1.54. The molecule has 96 valence electrons. The molecule has 0 saturated carbocycles. The highest BCUT2D eigenvalue weighted by atomic mass is 32.1. The number of aliphatic hydroxyl groups is 1. The molecule has 1 aromatic heterocycles. The number of nitrogens with two attached hydrogens (primary N) is 1. The van der Waals surface area contributed by atoms with Crippen molar-refractivity contribution in [2.45, 2.75) is 26.8 Å². The smallest absolute Gasteiger partial charge is 0.295 e. The Labute approximate surface area is 110 Å². The molecule has 0 atom stereocenters. The van der Waals surface area contributed by atoms with E-state index >= 15 is 0 Å². The Morgan fingerprint density at radius 1 is 1.56 bits per heavy atom. The Kier molecular flexibility index (Phi) is 3.81. The fraction of sp³-hybridized carbons (Fsp3) is 0.417. The molecule has 5 nitrogen and oxygen atoms in total. The maximum atomic E-state index is 8.97. The number of anilines is 1. The number of aromatic amines is 1. The molecule has 0 aliphatic carbocycles. The Hall–Kier alpha value is -1.62. The van der Waals surface area contributed by atoms with Gasteiger partial charge in [-0.15, -0.1) is 0 Å². The third kappa shape index (κ3) is 2.61. The molecule has 2 heterocycles. The minimum absolute atomic E-state index is 0.164. The van der Waals surface area contributed by atoms with Gasteiger partial charge in [0.25, 0.3) is 5.82 Å². The van der Waals surface area contributed by atoms with Crippen molar-refractivity contribution in [2.24, 2.45) is 0 Å². The average Bonchev–Trinajstić information content (AvgIpc) is 2.66. The Morgan fingerprint density at radius 3 is 3.00 bits per heavy atom. The van der Waals surface area contributed by atoms with E-state index in [0.717, 1.165) is 22.0 Å². The topological polar surface area (TPSA) is 76.5 Å². The van der Waals surface area contributed by atoms with Crippen LogP contribution < -0.4 is 10.7 Å². The van der Waals surface area contributed by atoms with Gasteiger partial charge in [0.1, 0.15) is 0 Å². The Bertz CT molecular complexity index is 559. The lowest BCUT2D eigenvalue weighted by atomic mass is 10.2. The van der Waals surface area contributed by atoms with E-state index in [-0.39, 0.29) is 6.61 Å². The lowest BCUT2D eigenvalue weighted by Crippen LogP contribution is -2.20. The van der Waals surface area contributed by atoms with E-state index in [1.54, 1.807) is 0 Å². The Morgan fingerprint density at radius 2 is 2.33 bits per heavy atom. The number of nitrogens with one attached hydrogen (secondary N) is 1. The van der Waals surface area contributed by atoms with E-state index in [0.29, 0.717) is 18.8 Å². The molecule has 1 aliphatic heterocycles. The van der Waals surface area contributed by atoms with Crippen LogP contribution in [0, 0.1) is 12.2 Å². The van der Waals surface area contributed by atoms with E-state index < -0.39 is 0 Å². The van der Waals surface area contributed by atoms with E-state index in [4.69, 9.17) is 10.8 Å². The van der Waals surface area contributed by atoms with Crippen molar-refractivity contribution in [3.63, 3.8) is 0 Å². The van der Waals surface area contributed by atoms with Gasteiger partial charge in [0.15, 0.2) is 0 Å². The second kappa shape index (κ2) is 5.35. The molecule has 2 rings (SSSR count). The van der Waals surface area contributed by atoms with Gasteiger partial charge in [0, 0.05) is 35.9 Å². The van der Waals surface area contributed by atoms with Crippen LogP contribution in [-0.2, 0) is 6.54 Å². The summed E-state index contributed by atoms with van der Waals surface area (Å²) in [6.07, 6.45) is 2.55. The van der Waals surface area contributed by atoms with Crippen LogP contribution in [0.4, 0.5) is 5.82 Å². The molecule has 1 aliphatic rings.